The van der Waals surface area contributed by atoms with Crippen LogP contribution in [0.25, 0.3) is 0 Å². The molecule has 0 aromatic heterocycles. The molecule has 1 aliphatic heterocycles. The molecule has 0 unspecified atom stereocenters. The molecule has 0 bridgehead atoms. The van der Waals surface area contributed by atoms with Gasteiger partial charge in [-0.05, 0) is 35.9 Å². The van der Waals surface area contributed by atoms with Gasteiger partial charge in [0, 0.05) is 11.3 Å². The number of benzene rings is 2. The van der Waals surface area contributed by atoms with Crippen molar-refractivity contribution in [3.05, 3.63) is 65.5 Å². The van der Waals surface area contributed by atoms with Crippen LogP contribution in [0.15, 0.2) is 48.5 Å². The Hall–Kier alpha value is -3.22. The van der Waals surface area contributed by atoms with E-state index in [9.17, 15) is 18.8 Å². The van der Waals surface area contributed by atoms with Crippen LogP contribution in [0.4, 0.5) is 14.9 Å². The van der Waals surface area contributed by atoms with Gasteiger partial charge < -0.3 is 10.6 Å². The van der Waals surface area contributed by atoms with Crippen LogP contribution in [-0.2, 0) is 11.3 Å². The third kappa shape index (κ3) is 3.24. The van der Waals surface area contributed by atoms with Crippen molar-refractivity contribution < 1.29 is 18.8 Å². The van der Waals surface area contributed by atoms with E-state index in [1.54, 1.807) is 24.3 Å². The normalized spacial score (nSPS) is 13.8. The van der Waals surface area contributed by atoms with Crippen molar-refractivity contribution in [1.29, 1.82) is 0 Å². The molecule has 2 aromatic rings. The van der Waals surface area contributed by atoms with Gasteiger partial charge in [-0.3, -0.25) is 14.5 Å². The maximum absolute atomic E-state index is 12.9. The monoisotopic (exact) mass is 327 g/mol. The molecule has 2 aromatic carbocycles. The summed E-state index contributed by atoms with van der Waals surface area (Å²) in [5.74, 6) is -1.13. The van der Waals surface area contributed by atoms with Gasteiger partial charge in [-0.25, -0.2) is 9.18 Å². The third-order valence-electron chi connectivity index (χ3n) is 3.63. The number of hydrogen-bond donors (Lipinski definition) is 2. The zero-order valence-corrected chi connectivity index (χ0v) is 12.6. The van der Waals surface area contributed by atoms with Gasteiger partial charge >= 0.3 is 6.03 Å². The molecule has 0 aliphatic carbocycles. The Labute approximate surface area is 137 Å². The molecule has 4 amide bonds. The molecule has 6 nitrogen and oxygen atoms in total. The smallest absolute Gasteiger partial charge is 0.324 e. The van der Waals surface area contributed by atoms with Crippen molar-refractivity contribution in [2.24, 2.45) is 0 Å². The van der Waals surface area contributed by atoms with Crippen LogP contribution in [0.3, 0.4) is 0 Å². The largest absolute Gasteiger partial charge is 0.329 e. The fraction of sp³-hybridized carbons (Fsp3) is 0.118. The summed E-state index contributed by atoms with van der Waals surface area (Å²) in [6.07, 6.45) is 0. The highest BCUT2D eigenvalue weighted by Crippen LogP contribution is 2.16. The summed E-state index contributed by atoms with van der Waals surface area (Å²) < 4.78 is 12.9. The molecular weight excluding hydrogens is 313 g/mol. The number of nitrogens with zero attached hydrogens (tertiary/aromatic N) is 1. The van der Waals surface area contributed by atoms with Crippen LogP contribution in [0.5, 0.6) is 0 Å². The van der Waals surface area contributed by atoms with Crippen LogP contribution in [0.1, 0.15) is 15.9 Å². The first-order valence-electron chi connectivity index (χ1n) is 7.27. The number of rotatable bonds is 4. The van der Waals surface area contributed by atoms with E-state index < -0.39 is 17.8 Å². The van der Waals surface area contributed by atoms with E-state index in [1.165, 1.54) is 24.3 Å². The number of carbonyl (C=O) groups excluding carboxylic acids is 3. The zero-order valence-electron chi connectivity index (χ0n) is 12.6. The first-order chi connectivity index (χ1) is 11.5. The SMILES string of the molecule is O=C(Nc1ccc(F)cc1)c1ccccc1CN1C(=O)CNC1=O. The number of anilines is 1. The lowest BCUT2D eigenvalue weighted by Gasteiger charge is -2.15. The topological polar surface area (TPSA) is 78.5 Å². The maximum atomic E-state index is 12.9. The Morgan fingerprint density at radius 2 is 1.83 bits per heavy atom. The molecule has 3 rings (SSSR count). The van der Waals surface area contributed by atoms with E-state index in [4.69, 9.17) is 0 Å². The molecule has 7 heteroatoms. The van der Waals surface area contributed by atoms with Gasteiger partial charge in [0.05, 0.1) is 13.1 Å². The van der Waals surface area contributed by atoms with E-state index in [1.807, 2.05) is 0 Å². The molecule has 0 spiro atoms. The Balaban J connectivity index is 1.80. The summed E-state index contributed by atoms with van der Waals surface area (Å²) in [6, 6.07) is 11.6. The summed E-state index contributed by atoms with van der Waals surface area (Å²) in [7, 11) is 0. The van der Waals surface area contributed by atoms with Gasteiger partial charge in [0.25, 0.3) is 5.91 Å². The average Bonchev–Trinajstić information content (AvgIpc) is 2.89. The van der Waals surface area contributed by atoms with Gasteiger partial charge in [-0.1, -0.05) is 18.2 Å². The molecule has 24 heavy (non-hydrogen) atoms. The van der Waals surface area contributed by atoms with Crippen LogP contribution < -0.4 is 10.6 Å². The second-order valence-electron chi connectivity index (χ2n) is 5.26. The van der Waals surface area contributed by atoms with E-state index >= 15 is 0 Å². The number of halogens is 1. The molecule has 0 saturated carbocycles. The Kier molecular flexibility index (Phi) is 4.24. The first kappa shape index (κ1) is 15.7. The third-order valence-corrected chi connectivity index (χ3v) is 3.63. The lowest BCUT2D eigenvalue weighted by atomic mass is 10.1. The zero-order chi connectivity index (χ0) is 17.1. The summed E-state index contributed by atoms with van der Waals surface area (Å²) >= 11 is 0. The second kappa shape index (κ2) is 6.49. The summed E-state index contributed by atoms with van der Waals surface area (Å²) in [5, 5.41) is 5.10. The standard InChI is InChI=1S/C17H14FN3O3/c18-12-5-7-13(8-6-12)20-16(23)14-4-2-1-3-11(14)10-21-15(22)9-19-17(21)24/h1-8H,9-10H2,(H,19,24)(H,20,23). The maximum Gasteiger partial charge on any atom is 0.324 e. The molecular formula is C17H14FN3O3. The van der Waals surface area contributed by atoms with Crippen molar-refractivity contribution >= 4 is 23.5 Å². The first-order valence-corrected chi connectivity index (χ1v) is 7.27. The highest BCUT2D eigenvalue weighted by molar-refractivity contribution is 6.06. The summed E-state index contributed by atoms with van der Waals surface area (Å²) in [4.78, 5) is 36.9. The predicted molar refractivity (Wildman–Crippen MR) is 84.7 cm³/mol. The van der Waals surface area contributed by atoms with E-state index in [0.29, 0.717) is 16.8 Å². The number of nitrogens with one attached hydrogen (secondary N) is 2. The van der Waals surface area contributed by atoms with Crippen LogP contribution in [-0.4, -0.2) is 29.3 Å². The van der Waals surface area contributed by atoms with Crippen molar-refractivity contribution in [2.75, 3.05) is 11.9 Å². The average molecular weight is 327 g/mol. The fourth-order valence-corrected chi connectivity index (χ4v) is 2.40. The number of imide groups is 1. The molecule has 1 saturated heterocycles. The van der Waals surface area contributed by atoms with Gasteiger partial charge in [-0.15, -0.1) is 0 Å². The fourth-order valence-electron chi connectivity index (χ4n) is 2.40. The highest BCUT2D eigenvalue weighted by Gasteiger charge is 2.29. The molecule has 1 aliphatic rings. The molecule has 1 heterocycles. The van der Waals surface area contributed by atoms with Gasteiger partial charge in [-0.2, -0.15) is 0 Å². The quantitative estimate of drug-likeness (QED) is 0.845. The predicted octanol–water partition coefficient (Wildman–Crippen LogP) is 2.13. The number of carbonyl (C=O) groups is 3. The molecule has 122 valence electrons. The number of hydrogen-bond acceptors (Lipinski definition) is 3. The number of amides is 4. The lowest BCUT2D eigenvalue weighted by molar-refractivity contribution is -0.125. The minimum atomic E-state index is -0.478. The van der Waals surface area contributed by atoms with Crippen molar-refractivity contribution in [3.63, 3.8) is 0 Å². The number of urea groups is 1. The van der Waals surface area contributed by atoms with E-state index in [-0.39, 0.29) is 19.0 Å². The van der Waals surface area contributed by atoms with Crippen LogP contribution in [0.2, 0.25) is 0 Å². The Bertz CT molecular complexity index is 789. The minimum Gasteiger partial charge on any atom is -0.329 e. The van der Waals surface area contributed by atoms with Gasteiger partial charge in [0.1, 0.15) is 5.82 Å². The molecule has 2 N–H and O–H groups in total. The Morgan fingerprint density at radius 1 is 1.12 bits per heavy atom. The molecule has 0 radical (unpaired) electrons. The summed E-state index contributed by atoms with van der Waals surface area (Å²) in [5.41, 5.74) is 1.34. The van der Waals surface area contributed by atoms with E-state index in [2.05, 4.69) is 10.6 Å². The minimum absolute atomic E-state index is 0.0116. The molecule has 1 fully saturated rings. The van der Waals surface area contributed by atoms with Crippen LogP contribution >= 0.6 is 0 Å². The highest BCUT2D eigenvalue weighted by atomic mass is 19.1. The summed E-state index contributed by atoms with van der Waals surface area (Å²) in [6.45, 7) is -0.0273. The Morgan fingerprint density at radius 3 is 2.50 bits per heavy atom. The van der Waals surface area contributed by atoms with Crippen molar-refractivity contribution in [3.8, 4) is 0 Å². The second-order valence-corrected chi connectivity index (χ2v) is 5.26. The molecule has 0 atom stereocenters. The van der Waals surface area contributed by atoms with E-state index in [0.717, 1.165) is 4.90 Å². The lowest BCUT2D eigenvalue weighted by Crippen LogP contribution is -2.31. The van der Waals surface area contributed by atoms with Gasteiger partial charge in [0.15, 0.2) is 0 Å². The van der Waals surface area contributed by atoms with Crippen LogP contribution in [0, 0.1) is 5.82 Å². The van der Waals surface area contributed by atoms with Crippen molar-refractivity contribution in [1.82, 2.24) is 10.2 Å². The van der Waals surface area contributed by atoms with Gasteiger partial charge in [0.2, 0.25) is 5.91 Å². The van der Waals surface area contributed by atoms with Crippen molar-refractivity contribution in [2.45, 2.75) is 6.54 Å².